The highest BCUT2D eigenvalue weighted by Crippen LogP contribution is 2.38. The molecule has 0 unspecified atom stereocenters. The highest BCUT2D eigenvalue weighted by molar-refractivity contribution is 5.91. The number of fused-ring (bicyclic) bond motifs is 4. The van der Waals surface area contributed by atoms with E-state index in [2.05, 4.69) is 203 Å². The highest BCUT2D eigenvalue weighted by Gasteiger charge is 2.22. The molecule has 0 bridgehead atoms. The first kappa shape index (κ1) is 35.5. The summed E-state index contributed by atoms with van der Waals surface area (Å²) in [6.45, 7) is 0. The van der Waals surface area contributed by atoms with Gasteiger partial charge in [-0.15, -0.1) is 0 Å². The molecule has 6 heteroatoms. The maximum atomic E-state index is 5.42. The zero-order chi connectivity index (χ0) is 41.0. The third kappa shape index (κ3) is 6.21. The molecule has 0 saturated carbocycles. The second kappa shape index (κ2) is 14.7. The Morgan fingerprint density at radius 3 is 1.16 bits per heavy atom. The lowest BCUT2D eigenvalue weighted by Crippen LogP contribution is -2.01. The number of rotatable bonds is 7. The van der Waals surface area contributed by atoms with Crippen molar-refractivity contribution in [2.24, 2.45) is 0 Å². The fraction of sp³-hybridized carbons (Fsp3) is 0. The Morgan fingerprint density at radius 2 is 0.677 bits per heavy atom. The lowest BCUT2D eigenvalue weighted by atomic mass is 10.0. The molecule has 9 aromatic carbocycles. The maximum absolute atomic E-state index is 5.42. The quantitative estimate of drug-likeness (QED) is 0.161. The molecule has 12 rings (SSSR count). The molecule has 0 atom stereocenters. The van der Waals surface area contributed by atoms with Crippen LogP contribution in [0, 0.1) is 0 Å². The van der Waals surface area contributed by atoms with Gasteiger partial charge in [-0.05, 0) is 106 Å². The van der Waals surface area contributed by atoms with Crippen LogP contribution in [-0.2, 0) is 0 Å². The first-order chi connectivity index (χ1) is 30.7. The molecular weight excluding hydrogens is 757 g/mol. The van der Waals surface area contributed by atoms with Crippen LogP contribution in [0.1, 0.15) is 0 Å². The summed E-state index contributed by atoms with van der Waals surface area (Å²) in [6.07, 6.45) is 0. The van der Waals surface area contributed by atoms with Crippen LogP contribution in [0.25, 0.3) is 112 Å². The van der Waals surface area contributed by atoms with E-state index in [1.54, 1.807) is 0 Å². The van der Waals surface area contributed by atoms with E-state index < -0.39 is 0 Å². The molecule has 12 aromatic rings. The molecule has 0 aliphatic heterocycles. The lowest BCUT2D eigenvalue weighted by Gasteiger charge is -2.15. The van der Waals surface area contributed by atoms with Crippen LogP contribution in [0.15, 0.2) is 218 Å². The Bertz CT molecular complexity index is 3410. The van der Waals surface area contributed by atoms with Crippen LogP contribution in [0.4, 0.5) is 0 Å². The van der Waals surface area contributed by atoms with E-state index in [4.69, 9.17) is 19.9 Å². The Hall–Kier alpha value is -8.48. The molecule has 290 valence electrons. The van der Waals surface area contributed by atoms with E-state index >= 15 is 0 Å². The van der Waals surface area contributed by atoms with Crippen molar-refractivity contribution < 1.29 is 0 Å². The monoisotopic (exact) mass is 792 g/mol. The van der Waals surface area contributed by atoms with Crippen molar-refractivity contribution >= 4 is 43.6 Å². The molecule has 0 amide bonds. The van der Waals surface area contributed by atoms with Crippen LogP contribution < -0.4 is 0 Å². The number of imidazole rings is 2. The van der Waals surface area contributed by atoms with Gasteiger partial charge in [0.15, 0.2) is 5.82 Å². The number of hydrogen-bond donors (Lipinski definition) is 0. The average Bonchev–Trinajstić information content (AvgIpc) is 3.94. The standard InChI is InChI=1S/C56H36N6/c1-3-19-46(20-4-1)61-52-25-13-11-23-48(52)59-55(61)44-33-43(34-45(35-44)56-60-49-24-12-14-26-53(49)62(56)47-21-5-2-6-22-47)54-57-50(41-29-27-37-15-7-9-17-39(37)31-41)36-51(58-54)42-30-28-38-16-8-10-18-40(38)32-42/h1-36H. The van der Waals surface area contributed by atoms with E-state index in [-0.39, 0.29) is 0 Å². The van der Waals surface area contributed by atoms with Crippen LogP contribution in [0.2, 0.25) is 0 Å². The van der Waals surface area contributed by atoms with Gasteiger partial charge in [-0.25, -0.2) is 19.9 Å². The highest BCUT2D eigenvalue weighted by atomic mass is 15.1. The average molecular weight is 793 g/mol. The number of nitrogens with zero attached hydrogens (tertiary/aromatic N) is 6. The van der Waals surface area contributed by atoms with Gasteiger partial charge >= 0.3 is 0 Å². The first-order valence-electron chi connectivity index (χ1n) is 20.8. The van der Waals surface area contributed by atoms with Crippen molar-refractivity contribution in [3.63, 3.8) is 0 Å². The summed E-state index contributed by atoms with van der Waals surface area (Å²) >= 11 is 0. The number of aromatic nitrogens is 6. The molecule has 6 nitrogen and oxygen atoms in total. The Labute approximate surface area is 357 Å². The Kier molecular flexibility index (Phi) is 8.38. The van der Waals surface area contributed by atoms with Crippen LogP contribution in [0.5, 0.6) is 0 Å². The summed E-state index contributed by atoms with van der Waals surface area (Å²) in [5, 5.41) is 4.67. The maximum Gasteiger partial charge on any atom is 0.160 e. The first-order valence-corrected chi connectivity index (χ1v) is 20.8. The molecular formula is C56H36N6. The zero-order valence-electron chi connectivity index (χ0n) is 33.5. The van der Waals surface area contributed by atoms with Gasteiger partial charge in [-0.1, -0.05) is 133 Å². The van der Waals surface area contributed by atoms with Gasteiger partial charge in [0.05, 0.1) is 33.5 Å². The van der Waals surface area contributed by atoms with Gasteiger partial charge in [0.2, 0.25) is 0 Å². The summed E-state index contributed by atoms with van der Waals surface area (Å²) in [5.74, 6) is 2.22. The SMILES string of the molecule is c1ccc(-n2c(-c3cc(-c4nc(-c5ccc6ccccc6c5)cc(-c5ccc6ccccc6c5)n4)cc(-c4nc5ccccc5n4-c4ccccc4)c3)nc3ccccc32)cc1. The predicted octanol–water partition coefficient (Wildman–Crippen LogP) is 13.8. The van der Waals surface area contributed by atoms with E-state index in [1.165, 1.54) is 10.8 Å². The van der Waals surface area contributed by atoms with Crippen molar-refractivity contribution in [1.82, 2.24) is 29.1 Å². The topological polar surface area (TPSA) is 61.4 Å². The van der Waals surface area contributed by atoms with Crippen molar-refractivity contribution in [3.05, 3.63) is 218 Å². The van der Waals surface area contributed by atoms with Gasteiger partial charge in [0.1, 0.15) is 11.6 Å². The summed E-state index contributed by atoms with van der Waals surface area (Å²) in [7, 11) is 0. The minimum atomic E-state index is 0.603. The van der Waals surface area contributed by atoms with Gasteiger partial charge in [-0.3, -0.25) is 9.13 Å². The fourth-order valence-corrected chi connectivity index (χ4v) is 8.70. The minimum absolute atomic E-state index is 0.603. The Morgan fingerprint density at radius 1 is 0.274 bits per heavy atom. The van der Waals surface area contributed by atoms with Crippen LogP contribution >= 0.6 is 0 Å². The summed E-state index contributed by atoms with van der Waals surface area (Å²) in [4.78, 5) is 21.5. The molecule has 3 aromatic heterocycles. The Balaban J connectivity index is 1.15. The number of benzene rings is 9. The molecule has 62 heavy (non-hydrogen) atoms. The van der Waals surface area contributed by atoms with E-state index in [9.17, 15) is 0 Å². The van der Waals surface area contributed by atoms with E-state index in [0.717, 1.165) is 95.1 Å². The molecule has 0 saturated heterocycles. The normalized spacial score (nSPS) is 11.5. The van der Waals surface area contributed by atoms with Crippen molar-refractivity contribution in [1.29, 1.82) is 0 Å². The molecule has 0 fully saturated rings. The van der Waals surface area contributed by atoms with Crippen LogP contribution in [-0.4, -0.2) is 29.1 Å². The largest absolute Gasteiger partial charge is 0.292 e. The number of para-hydroxylation sites is 6. The van der Waals surface area contributed by atoms with Gasteiger partial charge in [0.25, 0.3) is 0 Å². The zero-order valence-corrected chi connectivity index (χ0v) is 33.5. The molecule has 0 spiro atoms. The molecule has 3 heterocycles. The van der Waals surface area contributed by atoms with Gasteiger partial charge in [-0.2, -0.15) is 0 Å². The van der Waals surface area contributed by atoms with Crippen LogP contribution in [0.3, 0.4) is 0 Å². The predicted molar refractivity (Wildman–Crippen MR) is 253 cm³/mol. The van der Waals surface area contributed by atoms with Gasteiger partial charge < -0.3 is 0 Å². The van der Waals surface area contributed by atoms with Crippen molar-refractivity contribution in [3.8, 4) is 68.1 Å². The summed E-state index contributed by atoms with van der Waals surface area (Å²) < 4.78 is 4.48. The van der Waals surface area contributed by atoms with Crippen molar-refractivity contribution in [2.45, 2.75) is 0 Å². The van der Waals surface area contributed by atoms with E-state index in [0.29, 0.717) is 5.82 Å². The summed E-state index contributed by atoms with van der Waals surface area (Å²) in [5.41, 5.74) is 12.3. The smallest absolute Gasteiger partial charge is 0.160 e. The van der Waals surface area contributed by atoms with E-state index in [1.807, 2.05) is 24.3 Å². The lowest BCUT2D eigenvalue weighted by molar-refractivity contribution is 1.09. The molecule has 0 radical (unpaired) electrons. The second-order valence-corrected chi connectivity index (χ2v) is 15.6. The molecule has 0 N–H and O–H groups in total. The summed E-state index contributed by atoms with van der Waals surface area (Å²) in [6, 6.07) is 76.2. The minimum Gasteiger partial charge on any atom is -0.292 e. The third-order valence-electron chi connectivity index (χ3n) is 11.7. The second-order valence-electron chi connectivity index (χ2n) is 15.6. The third-order valence-corrected chi connectivity index (χ3v) is 11.7. The fourth-order valence-electron chi connectivity index (χ4n) is 8.70. The molecule has 0 aliphatic carbocycles. The number of hydrogen-bond acceptors (Lipinski definition) is 4. The van der Waals surface area contributed by atoms with Crippen molar-refractivity contribution in [2.75, 3.05) is 0 Å². The van der Waals surface area contributed by atoms with Gasteiger partial charge in [0, 0.05) is 39.2 Å². The molecule has 0 aliphatic rings.